The Balaban J connectivity index is 2.08. The normalized spacial score (nSPS) is 22.6. The molecule has 0 N–H and O–H groups in total. The second kappa shape index (κ2) is 5.03. The monoisotopic (exact) mass is 265 g/mol. The third-order valence-electron chi connectivity index (χ3n) is 3.64. The molecule has 19 heavy (non-hydrogen) atoms. The minimum absolute atomic E-state index is 0.0765. The van der Waals surface area contributed by atoms with Crippen molar-refractivity contribution in [3.8, 4) is 0 Å². The van der Waals surface area contributed by atoms with Crippen LogP contribution in [0.4, 0.5) is 0 Å². The molecule has 0 spiro atoms. The van der Waals surface area contributed by atoms with Crippen LogP contribution >= 0.6 is 0 Å². The molecule has 6 heteroatoms. The van der Waals surface area contributed by atoms with Gasteiger partial charge in [0, 0.05) is 25.8 Å². The van der Waals surface area contributed by atoms with Crippen molar-refractivity contribution in [3.05, 3.63) is 18.0 Å². The molecule has 1 amide bonds. The number of hydrogen-bond acceptors (Lipinski definition) is 4. The molecule has 104 valence electrons. The van der Waals surface area contributed by atoms with E-state index in [1.807, 2.05) is 13.8 Å². The number of amides is 1. The number of ether oxygens (including phenoxy) is 1. The summed E-state index contributed by atoms with van der Waals surface area (Å²) < 4.78 is 6.51. The van der Waals surface area contributed by atoms with Gasteiger partial charge in [0.05, 0.1) is 24.3 Å². The Morgan fingerprint density at radius 3 is 2.84 bits per heavy atom. The number of hydrogen-bond donors (Lipinski definition) is 0. The van der Waals surface area contributed by atoms with Crippen LogP contribution in [0.2, 0.25) is 0 Å². The van der Waals surface area contributed by atoms with Gasteiger partial charge >= 0.3 is 5.97 Å². The average Bonchev–Trinajstić information content (AvgIpc) is 3.04. The Bertz CT molecular complexity index is 497. The van der Waals surface area contributed by atoms with Crippen LogP contribution in [0.25, 0.3) is 0 Å². The maximum atomic E-state index is 12.3. The summed E-state index contributed by atoms with van der Waals surface area (Å²) in [4.78, 5) is 25.7. The van der Waals surface area contributed by atoms with E-state index in [4.69, 9.17) is 4.74 Å². The van der Waals surface area contributed by atoms with Crippen molar-refractivity contribution in [2.24, 2.45) is 5.41 Å². The molecule has 1 atom stereocenters. The highest BCUT2D eigenvalue weighted by atomic mass is 16.5. The zero-order valence-corrected chi connectivity index (χ0v) is 11.5. The summed E-state index contributed by atoms with van der Waals surface area (Å²) in [5.74, 6) is -0.334. The van der Waals surface area contributed by atoms with Gasteiger partial charge in [-0.2, -0.15) is 5.10 Å². The maximum Gasteiger partial charge on any atom is 0.313 e. The predicted octanol–water partition coefficient (Wildman–Crippen LogP) is 0.928. The van der Waals surface area contributed by atoms with Gasteiger partial charge in [0.1, 0.15) is 0 Å². The van der Waals surface area contributed by atoms with Gasteiger partial charge in [-0.1, -0.05) is 0 Å². The molecule has 0 aromatic carbocycles. The van der Waals surface area contributed by atoms with Crippen LogP contribution in [0.1, 0.15) is 30.6 Å². The molecular weight excluding hydrogens is 246 g/mol. The molecule has 0 unspecified atom stereocenters. The van der Waals surface area contributed by atoms with Gasteiger partial charge in [0.15, 0.2) is 0 Å². The Kier molecular flexibility index (Phi) is 3.59. The van der Waals surface area contributed by atoms with E-state index >= 15 is 0 Å². The average molecular weight is 265 g/mol. The SMILES string of the molecule is CCn1cc(C(=O)N2CC[C@](C)(C(=O)OC)C2)cn1. The van der Waals surface area contributed by atoms with E-state index in [0.29, 0.717) is 25.1 Å². The molecule has 1 aliphatic rings. The number of esters is 1. The smallest absolute Gasteiger partial charge is 0.313 e. The van der Waals surface area contributed by atoms with Crippen LogP contribution < -0.4 is 0 Å². The fourth-order valence-corrected chi connectivity index (χ4v) is 2.38. The predicted molar refractivity (Wildman–Crippen MR) is 68.5 cm³/mol. The largest absolute Gasteiger partial charge is 0.469 e. The first-order valence-corrected chi connectivity index (χ1v) is 6.40. The van der Waals surface area contributed by atoms with Crippen molar-refractivity contribution in [1.82, 2.24) is 14.7 Å². The Morgan fingerprint density at radius 1 is 1.53 bits per heavy atom. The highest BCUT2D eigenvalue weighted by Crippen LogP contribution is 2.31. The zero-order chi connectivity index (χ0) is 14.0. The van der Waals surface area contributed by atoms with Crippen LogP contribution in [0.15, 0.2) is 12.4 Å². The highest BCUT2D eigenvalue weighted by molar-refractivity contribution is 5.94. The van der Waals surface area contributed by atoms with Gasteiger partial charge in [0.25, 0.3) is 5.91 Å². The Morgan fingerprint density at radius 2 is 2.26 bits per heavy atom. The van der Waals surface area contributed by atoms with E-state index in [-0.39, 0.29) is 11.9 Å². The molecule has 2 heterocycles. The van der Waals surface area contributed by atoms with Gasteiger partial charge in [-0.3, -0.25) is 14.3 Å². The van der Waals surface area contributed by atoms with Crippen molar-refractivity contribution >= 4 is 11.9 Å². The minimum Gasteiger partial charge on any atom is -0.469 e. The second-order valence-electron chi connectivity index (χ2n) is 5.11. The quantitative estimate of drug-likeness (QED) is 0.763. The van der Waals surface area contributed by atoms with Crippen LogP contribution in [-0.4, -0.2) is 46.8 Å². The highest BCUT2D eigenvalue weighted by Gasteiger charge is 2.43. The van der Waals surface area contributed by atoms with Crippen LogP contribution in [0, 0.1) is 5.41 Å². The molecule has 0 bridgehead atoms. The summed E-state index contributed by atoms with van der Waals surface area (Å²) in [7, 11) is 1.38. The zero-order valence-electron chi connectivity index (χ0n) is 11.5. The topological polar surface area (TPSA) is 64.4 Å². The summed E-state index contributed by atoms with van der Waals surface area (Å²) in [5.41, 5.74) is -0.0264. The lowest BCUT2D eigenvalue weighted by atomic mass is 9.90. The fourth-order valence-electron chi connectivity index (χ4n) is 2.38. The first-order valence-electron chi connectivity index (χ1n) is 6.40. The molecule has 6 nitrogen and oxygen atoms in total. The standard InChI is InChI=1S/C13H19N3O3/c1-4-16-8-10(7-14-16)11(17)15-6-5-13(2,9-15)12(18)19-3/h7-8H,4-6,9H2,1-3H3/t13-/m0/s1. The van der Waals surface area contributed by atoms with Crippen molar-refractivity contribution < 1.29 is 14.3 Å². The van der Waals surface area contributed by atoms with Crippen molar-refractivity contribution in [2.75, 3.05) is 20.2 Å². The maximum absolute atomic E-state index is 12.3. The second-order valence-corrected chi connectivity index (χ2v) is 5.11. The first-order chi connectivity index (χ1) is 9.00. The van der Waals surface area contributed by atoms with Gasteiger partial charge in [-0.05, 0) is 20.3 Å². The lowest BCUT2D eigenvalue weighted by molar-refractivity contribution is -0.150. The molecule has 1 aromatic heterocycles. The third kappa shape index (κ3) is 2.47. The number of rotatable bonds is 3. The molecule has 2 rings (SSSR count). The van der Waals surface area contributed by atoms with Crippen molar-refractivity contribution in [3.63, 3.8) is 0 Å². The lowest BCUT2D eigenvalue weighted by Gasteiger charge is -2.21. The summed E-state index contributed by atoms with van der Waals surface area (Å²) in [6.45, 7) is 5.50. The number of carbonyl (C=O) groups excluding carboxylic acids is 2. The number of nitrogens with zero attached hydrogens (tertiary/aromatic N) is 3. The van der Waals surface area contributed by atoms with Gasteiger partial charge < -0.3 is 9.64 Å². The number of methoxy groups -OCH3 is 1. The molecule has 0 aliphatic carbocycles. The summed E-state index contributed by atoms with van der Waals surface area (Å²) >= 11 is 0. The Labute approximate surface area is 112 Å². The molecule has 1 aliphatic heterocycles. The van der Waals surface area contributed by atoms with E-state index in [2.05, 4.69) is 5.10 Å². The van der Waals surface area contributed by atoms with Crippen molar-refractivity contribution in [1.29, 1.82) is 0 Å². The van der Waals surface area contributed by atoms with E-state index in [1.165, 1.54) is 7.11 Å². The lowest BCUT2D eigenvalue weighted by Crippen LogP contribution is -2.35. The summed E-state index contributed by atoms with van der Waals surface area (Å²) in [6, 6.07) is 0. The van der Waals surface area contributed by atoms with Gasteiger partial charge in [-0.15, -0.1) is 0 Å². The number of likely N-dealkylation sites (tertiary alicyclic amines) is 1. The van der Waals surface area contributed by atoms with Crippen LogP contribution in [0.3, 0.4) is 0 Å². The Hall–Kier alpha value is -1.85. The van der Waals surface area contributed by atoms with Gasteiger partial charge in [0.2, 0.25) is 0 Å². The molecular formula is C13H19N3O3. The number of aromatic nitrogens is 2. The van der Waals surface area contributed by atoms with E-state index in [0.717, 1.165) is 6.54 Å². The first kappa shape index (κ1) is 13.6. The molecule has 1 fully saturated rings. The van der Waals surface area contributed by atoms with Crippen LogP contribution in [0.5, 0.6) is 0 Å². The number of aryl methyl sites for hydroxylation is 1. The fraction of sp³-hybridized carbons (Fsp3) is 0.615. The van der Waals surface area contributed by atoms with Crippen LogP contribution in [-0.2, 0) is 16.1 Å². The number of carbonyl (C=O) groups is 2. The van der Waals surface area contributed by atoms with Crippen molar-refractivity contribution in [2.45, 2.75) is 26.8 Å². The summed E-state index contributed by atoms with van der Waals surface area (Å²) in [6.07, 6.45) is 3.93. The molecule has 0 radical (unpaired) electrons. The van der Waals surface area contributed by atoms with Gasteiger partial charge in [-0.25, -0.2) is 0 Å². The minimum atomic E-state index is -0.592. The molecule has 1 saturated heterocycles. The third-order valence-corrected chi connectivity index (χ3v) is 3.64. The molecule has 0 saturated carbocycles. The van der Waals surface area contributed by atoms with E-state index < -0.39 is 5.41 Å². The summed E-state index contributed by atoms with van der Waals surface area (Å²) in [5, 5.41) is 4.09. The van der Waals surface area contributed by atoms with E-state index in [9.17, 15) is 9.59 Å². The molecule has 1 aromatic rings. The van der Waals surface area contributed by atoms with E-state index in [1.54, 1.807) is 22.0 Å².